The average Bonchev–Trinajstić information content (AvgIpc) is 2.41. The van der Waals surface area contributed by atoms with Gasteiger partial charge < -0.3 is 15.2 Å². The maximum atomic E-state index is 9.43. The van der Waals surface area contributed by atoms with E-state index in [2.05, 4.69) is 5.32 Å². The predicted molar refractivity (Wildman–Crippen MR) is 54.3 cm³/mol. The van der Waals surface area contributed by atoms with Gasteiger partial charge in [0.15, 0.2) is 0 Å². The van der Waals surface area contributed by atoms with Crippen LogP contribution in [0.25, 0.3) is 0 Å². The molecule has 1 aliphatic rings. The van der Waals surface area contributed by atoms with Gasteiger partial charge in [-0.05, 0) is 24.6 Å². The molecule has 0 spiro atoms. The van der Waals surface area contributed by atoms with Gasteiger partial charge >= 0.3 is 0 Å². The Labute approximate surface area is 83.7 Å². The first-order valence-corrected chi connectivity index (χ1v) is 4.92. The lowest BCUT2D eigenvalue weighted by molar-refractivity contribution is 0.199. The van der Waals surface area contributed by atoms with Crippen molar-refractivity contribution in [3.63, 3.8) is 0 Å². The van der Waals surface area contributed by atoms with Crippen LogP contribution in [0.15, 0.2) is 18.2 Å². The SMILES string of the molecule is C[C@H](O)c1ccc2c(c1)CNCCO2. The molecule has 1 aliphatic heterocycles. The molecule has 2 rings (SSSR count). The van der Waals surface area contributed by atoms with Gasteiger partial charge in [-0.3, -0.25) is 0 Å². The molecule has 0 aromatic heterocycles. The molecule has 1 aromatic rings. The minimum absolute atomic E-state index is 0.413. The highest BCUT2D eigenvalue weighted by Crippen LogP contribution is 2.24. The number of hydrogen-bond acceptors (Lipinski definition) is 3. The highest BCUT2D eigenvalue weighted by atomic mass is 16.5. The van der Waals surface area contributed by atoms with Crippen molar-refractivity contribution in [1.29, 1.82) is 0 Å². The van der Waals surface area contributed by atoms with Gasteiger partial charge in [-0.1, -0.05) is 6.07 Å². The maximum Gasteiger partial charge on any atom is 0.123 e. The average molecular weight is 193 g/mol. The minimum atomic E-state index is -0.413. The smallest absolute Gasteiger partial charge is 0.123 e. The van der Waals surface area contributed by atoms with Crippen LogP contribution in [-0.4, -0.2) is 18.3 Å². The Hall–Kier alpha value is -1.06. The van der Waals surface area contributed by atoms with E-state index >= 15 is 0 Å². The number of rotatable bonds is 1. The van der Waals surface area contributed by atoms with E-state index < -0.39 is 6.10 Å². The fourth-order valence-electron chi connectivity index (χ4n) is 1.59. The van der Waals surface area contributed by atoms with E-state index in [1.165, 1.54) is 0 Å². The van der Waals surface area contributed by atoms with E-state index in [9.17, 15) is 5.11 Å². The summed E-state index contributed by atoms with van der Waals surface area (Å²) in [6, 6.07) is 5.84. The van der Waals surface area contributed by atoms with Crippen LogP contribution in [-0.2, 0) is 6.54 Å². The van der Waals surface area contributed by atoms with Crippen molar-refractivity contribution in [2.45, 2.75) is 19.6 Å². The Balaban J connectivity index is 2.32. The Bertz CT molecular complexity index is 323. The fourth-order valence-corrected chi connectivity index (χ4v) is 1.59. The summed E-state index contributed by atoms with van der Waals surface area (Å²) in [5.74, 6) is 0.930. The molecule has 1 aromatic carbocycles. The van der Waals surface area contributed by atoms with Crippen LogP contribution in [0.2, 0.25) is 0 Å². The van der Waals surface area contributed by atoms with E-state index in [4.69, 9.17) is 4.74 Å². The highest BCUT2D eigenvalue weighted by Gasteiger charge is 2.10. The van der Waals surface area contributed by atoms with Crippen LogP contribution in [0.3, 0.4) is 0 Å². The van der Waals surface area contributed by atoms with Crippen molar-refractivity contribution in [3.8, 4) is 5.75 Å². The van der Waals surface area contributed by atoms with Gasteiger partial charge in [0.25, 0.3) is 0 Å². The normalized spacial score (nSPS) is 17.9. The molecule has 0 saturated heterocycles. The van der Waals surface area contributed by atoms with E-state index in [0.29, 0.717) is 6.61 Å². The van der Waals surface area contributed by atoms with Gasteiger partial charge in [-0.25, -0.2) is 0 Å². The molecule has 0 amide bonds. The molecule has 0 aliphatic carbocycles. The number of ether oxygens (including phenoxy) is 1. The monoisotopic (exact) mass is 193 g/mol. The van der Waals surface area contributed by atoms with Crippen LogP contribution >= 0.6 is 0 Å². The lowest BCUT2D eigenvalue weighted by atomic mass is 10.1. The summed E-state index contributed by atoms with van der Waals surface area (Å²) in [7, 11) is 0. The highest BCUT2D eigenvalue weighted by molar-refractivity contribution is 5.38. The third-order valence-electron chi connectivity index (χ3n) is 2.42. The molecule has 0 unspecified atom stereocenters. The summed E-state index contributed by atoms with van der Waals surface area (Å²) < 4.78 is 5.54. The first kappa shape index (κ1) is 9.49. The van der Waals surface area contributed by atoms with Gasteiger partial charge in [-0.15, -0.1) is 0 Å². The summed E-state index contributed by atoms with van der Waals surface area (Å²) in [6.07, 6.45) is -0.413. The first-order chi connectivity index (χ1) is 6.77. The van der Waals surface area contributed by atoms with Crippen molar-refractivity contribution in [2.24, 2.45) is 0 Å². The molecule has 0 radical (unpaired) electrons. The summed E-state index contributed by atoms with van der Waals surface area (Å²) in [5.41, 5.74) is 2.07. The summed E-state index contributed by atoms with van der Waals surface area (Å²) in [6.45, 7) is 4.17. The predicted octanol–water partition coefficient (Wildman–Crippen LogP) is 1.22. The van der Waals surface area contributed by atoms with Crippen molar-refractivity contribution in [1.82, 2.24) is 5.32 Å². The molecule has 14 heavy (non-hydrogen) atoms. The van der Waals surface area contributed by atoms with Gasteiger partial charge in [0.1, 0.15) is 12.4 Å². The van der Waals surface area contributed by atoms with E-state index in [1.807, 2.05) is 18.2 Å². The van der Waals surface area contributed by atoms with Crippen LogP contribution in [0, 0.1) is 0 Å². The number of benzene rings is 1. The van der Waals surface area contributed by atoms with Crippen LogP contribution in [0.4, 0.5) is 0 Å². The zero-order chi connectivity index (χ0) is 9.97. The molecule has 0 bridgehead atoms. The second kappa shape index (κ2) is 3.98. The maximum absolute atomic E-state index is 9.43. The Morgan fingerprint density at radius 1 is 1.50 bits per heavy atom. The van der Waals surface area contributed by atoms with E-state index in [1.54, 1.807) is 6.92 Å². The second-order valence-corrected chi connectivity index (χ2v) is 3.57. The topological polar surface area (TPSA) is 41.5 Å². The third kappa shape index (κ3) is 1.89. The number of nitrogens with one attached hydrogen (secondary N) is 1. The molecule has 3 heteroatoms. The van der Waals surface area contributed by atoms with Crippen molar-refractivity contribution in [3.05, 3.63) is 29.3 Å². The van der Waals surface area contributed by atoms with Crippen LogP contribution in [0.5, 0.6) is 5.75 Å². The van der Waals surface area contributed by atoms with Crippen LogP contribution < -0.4 is 10.1 Å². The molecule has 1 atom stereocenters. The number of hydrogen-bond donors (Lipinski definition) is 2. The molecule has 3 nitrogen and oxygen atoms in total. The Kier molecular flexibility index (Phi) is 2.70. The lowest BCUT2D eigenvalue weighted by Gasteiger charge is -2.10. The molecule has 2 N–H and O–H groups in total. The van der Waals surface area contributed by atoms with Crippen molar-refractivity contribution < 1.29 is 9.84 Å². The summed E-state index contributed by atoms with van der Waals surface area (Å²) in [4.78, 5) is 0. The third-order valence-corrected chi connectivity index (χ3v) is 2.42. The zero-order valence-electron chi connectivity index (χ0n) is 8.29. The van der Waals surface area contributed by atoms with E-state index in [0.717, 1.165) is 30.0 Å². The zero-order valence-corrected chi connectivity index (χ0v) is 8.29. The molecule has 1 heterocycles. The first-order valence-electron chi connectivity index (χ1n) is 4.92. The Morgan fingerprint density at radius 3 is 3.14 bits per heavy atom. The molecule has 0 saturated carbocycles. The van der Waals surface area contributed by atoms with Crippen LogP contribution in [0.1, 0.15) is 24.2 Å². The molecular formula is C11H15NO2. The largest absolute Gasteiger partial charge is 0.492 e. The second-order valence-electron chi connectivity index (χ2n) is 3.57. The molecule has 0 fully saturated rings. The van der Waals surface area contributed by atoms with Crippen molar-refractivity contribution in [2.75, 3.05) is 13.2 Å². The van der Waals surface area contributed by atoms with Gasteiger partial charge in [0, 0.05) is 18.7 Å². The lowest BCUT2D eigenvalue weighted by Crippen LogP contribution is -2.16. The standard InChI is InChI=1S/C11H15NO2/c1-8(13)9-2-3-11-10(6-9)7-12-4-5-14-11/h2-3,6,8,12-13H,4-5,7H2,1H3/t8-/m0/s1. The Morgan fingerprint density at radius 2 is 2.36 bits per heavy atom. The summed E-state index contributed by atoms with van der Waals surface area (Å²) >= 11 is 0. The van der Waals surface area contributed by atoms with E-state index in [-0.39, 0.29) is 0 Å². The quantitative estimate of drug-likeness (QED) is 0.704. The molecule has 76 valence electrons. The number of aliphatic hydroxyl groups is 1. The number of fused-ring (bicyclic) bond motifs is 1. The minimum Gasteiger partial charge on any atom is -0.492 e. The van der Waals surface area contributed by atoms with Gasteiger partial charge in [0.05, 0.1) is 6.10 Å². The summed E-state index contributed by atoms with van der Waals surface area (Å²) in [5, 5.41) is 12.7. The molecular weight excluding hydrogens is 178 g/mol. The van der Waals surface area contributed by atoms with Crippen molar-refractivity contribution >= 4 is 0 Å². The fraction of sp³-hybridized carbons (Fsp3) is 0.455. The van der Waals surface area contributed by atoms with Gasteiger partial charge in [-0.2, -0.15) is 0 Å². The number of aliphatic hydroxyl groups excluding tert-OH is 1. The van der Waals surface area contributed by atoms with Gasteiger partial charge in [0.2, 0.25) is 0 Å².